The number of rotatable bonds is 46. The molecule has 4 atom stereocenters. The van der Waals surface area contributed by atoms with Crippen molar-refractivity contribution in [2.45, 2.75) is 437 Å². The second-order valence-electron chi connectivity index (χ2n) is 40.8. The summed E-state index contributed by atoms with van der Waals surface area (Å²) in [5.74, 6) is 3.44. The van der Waals surface area contributed by atoms with E-state index in [9.17, 15) is 28.8 Å². The van der Waals surface area contributed by atoms with Gasteiger partial charge in [-0.15, -0.1) is 0 Å². The minimum absolute atomic E-state index is 0.111. The molecule has 0 aliphatic rings. The number of nitrogens with one attached hydrogen (secondary N) is 6. The Kier molecular flexibility index (Phi) is 48.9. The third kappa shape index (κ3) is 29.9. The van der Waals surface area contributed by atoms with E-state index in [-0.39, 0.29) is 74.2 Å². The van der Waals surface area contributed by atoms with Gasteiger partial charge in [-0.05, 0) is 279 Å². The average Bonchev–Trinajstić information content (AvgIpc) is 1.65. The minimum Gasteiger partial charge on any atom is -0.361 e. The van der Waals surface area contributed by atoms with Gasteiger partial charge in [0.05, 0.1) is 33.2 Å². The fraction of sp³-hybridized carbons (Fsp3) is 0.767. The van der Waals surface area contributed by atoms with Crippen LogP contribution in [0.1, 0.15) is 426 Å². The summed E-state index contributed by atoms with van der Waals surface area (Å²) in [7, 11) is 20.7. The molecule has 0 aromatic carbocycles. The summed E-state index contributed by atoms with van der Waals surface area (Å²) >= 11 is 0. The lowest BCUT2D eigenvalue weighted by atomic mass is 9.74. The van der Waals surface area contributed by atoms with Crippen LogP contribution in [0.15, 0.2) is 45.3 Å². The summed E-state index contributed by atoms with van der Waals surface area (Å²) in [4.78, 5) is 88.9. The summed E-state index contributed by atoms with van der Waals surface area (Å²) in [5.41, 5.74) is 1.53. The zero-order valence-electron chi connectivity index (χ0n) is 92.1. The number of aryl methyl sites for hydroxylation is 6. The monoisotopic (exact) mass is 1870 g/mol. The van der Waals surface area contributed by atoms with Gasteiger partial charge in [0, 0.05) is 107 Å². The molecule has 0 aliphatic carbocycles. The highest BCUT2D eigenvalue weighted by atomic mass is 16.5. The van der Waals surface area contributed by atoms with Gasteiger partial charge in [-0.1, -0.05) is 167 Å². The molecule has 4 unspecified atom stereocenters. The fourth-order valence-corrected chi connectivity index (χ4v) is 18.8. The molecule has 0 aliphatic heterocycles. The topological polar surface area (TPSA) is 350 Å². The Bertz CT molecular complexity index is 4480. The number of carbonyl (C=O) groups excluding carboxylic acids is 6. The lowest BCUT2D eigenvalue weighted by Crippen LogP contribution is -2.66. The lowest BCUT2D eigenvalue weighted by molar-refractivity contribution is 0.0365. The van der Waals surface area contributed by atoms with Crippen molar-refractivity contribution in [3.05, 3.63) is 104 Å². The highest BCUT2D eigenvalue weighted by Gasteiger charge is 2.51. The summed E-state index contributed by atoms with van der Waals surface area (Å²) in [5, 5.41) is 42.4. The fourth-order valence-electron chi connectivity index (χ4n) is 18.8. The zero-order chi connectivity index (χ0) is 103. The number of hydrogen-bond donors (Lipinski definition) is 6. The number of likely N-dealkylation sites (N-methyl/N-ethyl adjacent to an activating group) is 6. The van der Waals surface area contributed by atoms with E-state index in [0.29, 0.717) is 34.2 Å². The van der Waals surface area contributed by atoms with E-state index < -0.39 is 27.7 Å². The predicted molar refractivity (Wildman–Crippen MR) is 539 cm³/mol. The molecule has 0 saturated carbocycles. The Labute approximate surface area is 803 Å². The van der Waals surface area contributed by atoms with Gasteiger partial charge < -0.3 is 78.6 Å². The number of nitrogens with zero attached hydrogens (tertiary/aromatic N) is 12. The molecular formula is C103H188N18O12. The van der Waals surface area contributed by atoms with Gasteiger partial charge in [0.15, 0.2) is 34.2 Å². The molecule has 133 heavy (non-hydrogen) atoms. The van der Waals surface area contributed by atoms with Crippen LogP contribution in [-0.2, 0) is 38.5 Å². The Morgan fingerprint density at radius 3 is 0.684 bits per heavy atom. The summed E-state index contributed by atoms with van der Waals surface area (Å²) in [6.45, 7) is 74.9. The van der Waals surface area contributed by atoms with Crippen molar-refractivity contribution in [1.82, 2.24) is 92.2 Å². The largest absolute Gasteiger partial charge is 0.361 e. The number of carbonyl (C=O) groups is 6. The van der Waals surface area contributed by atoms with E-state index in [4.69, 9.17) is 27.1 Å². The van der Waals surface area contributed by atoms with E-state index in [2.05, 4.69) is 343 Å². The molecule has 30 heteroatoms. The second kappa shape index (κ2) is 53.0. The minimum atomic E-state index is -0.404. The average molecular weight is 1870 g/mol. The van der Waals surface area contributed by atoms with Crippen LogP contribution in [0.4, 0.5) is 0 Å². The van der Waals surface area contributed by atoms with E-state index >= 15 is 0 Å². The Balaban J connectivity index is 0.000000798. The van der Waals surface area contributed by atoms with Gasteiger partial charge in [0.2, 0.25) is 0 Å². The van der Waals surface area contributed by atoms with E-state index in [0.717, 1.165) is 193 Å². The van der Waals surface area contributed by atoms with Crippen molar-refractivity contribution in [3.63, 3.8) is 0 Å². The molecule has 6 rings (SSSR count). The van der Waals surface area contributed by atoms with Gasteiger partial charge in [0.1, 0.15) is 34.6 Å². The van der Waals surface area contributed by atoms with E-state index in [1.807, 2.05) is 62.3 Å². The smallest absolute Gasteiger partial charge is 0.274 e. The molecule has 0 bridgehead atoms. The lowest BCUT2D eigenvalue weighted by Gasteiger charge is -2.51. The second-order valence-corrected chi connectivity index (χ2v) is 40.8. The van der Waals surface area contributed by atoms with Crippen molar-refractivity contribution in [2.75, 3.05) is 83.6 Å². The first-order valence-corrected chi connectivity index (χ1v) is 49.3. The molecule has 6 aromatic heterocycles. The summed E-state index contributed by atoms with van der Waals surface area (Å²) < 4.78 is 31.1. The Morgan fingerprint density at radius 2 is 0.504 bits per heavy atom. The number of unbranched alkanes of at least 4 members (excludes halogenated alkanes) is 2. The quantitative estimate of drug-likeness (QED) is 0.0207. The number of aromatic nitrogens is 6. The van der Waals surface area contributed by atoms with Gasteiger partial charge >= 0.3 is 0 Å². The van der Waals surface area contributed by atoms with Gasteiger partial charge in [0.25, 0.3) is 35.4 Å². The number of hydrogen-bond acceptors (Lipinski definition) is 24. The molecule has 0 fully saturated rings. The van der Waals surface area contributed by atoms with Crippen LogP contribution in [0.5, 0.6) is 0 Å². The molecule has 0 spiro atoms. The van der Waals surface area contributed by atoms with Crippen molar-refractivity contribution < 1.29 is 55.9 Å². The predicted octanol–water partition coefficient (Wildman–Crippen LogP) is 19.7. The van der Waals surface area contributed by atoms with Crippen LogP contribution >= 0.6 is 0 Å². The number of amides is 6. The van der Waals surface area contributed by atoms with Crippen molar-refractivity contribution >= 4 is 35.4 Å². The third-order valence-corrected chi connectivity index (χ3v) is 30.6. The zero-order valence-corrected chi connectivity index (χ0v) is 92.1. The Morgan fingerprint density at radius 1 is 0.278 bits per heavy atom. The van der Waals surface area contributed by atoms with Crippen LogP contribution < -0.4 is 31.9 Å². The highest BCUT2D eigenvalue weighted by molar-refractivity contribution is 5.96. The molecule has 30 nitrogen and oxygen atoms in total. The van der Waals surface area contributed by atoms with Gasteiger partial charge in [-0.25, -0.2) is 0 Å². The Hall–Kier alpha value is -8.16. The molecule has 762 valence electrons. The van der Waals surface area contributed by atoms with E-state index in [1.165, 1.54) is 0 Å². The molecule has 0 radical (unpaired) electrons. The molecule has 6 amide bonds. The molecule has 6 heterocycles. The summed E-state index contributed by atoms with van der Waals surface area (Å²) in [6, 6.07) is 5.13. The third-order valence-electron chi connectivity index (χ3n) is 30.6. The van der Waals surface area contributed by atoms with Crippen molar-refractivity contribution in [1.29, 1.82) is 0 Å². The van der Waals surface area contributed by atoms with Crippen LogP contribution in [0.3, 0.4) is 0 Å². The maximum Gasteiger partial charge on any atom is 0.274 e. The maximum absolute atomic E-state index is 12.8. The molecular weight excluding hydrogens is 1680 g/mol. The maximum atomic E-state index is 12.8. The van der Waals surface area contributed by atoms with Crippen LogP contribution in [0, 0.1) is 20.8 Å². The van der Waals surface area contributed by atoms with E-state index in [1.54, 1.807) is 18.2 Å². The molecule has 6 aromatic rings. The molecule has 6 N–H and O–H groups in total. The summed E-state index contributed by atoms with van der Waals surface area (Å²) in [6.07, 6.45) is 18.8. The van der Waals surface area contributed by atoms with Crippen LogP contribution in [-0.4, -0.2) is 246 Å². The normalized spacial score (nSPS) is 14.2. The molecule has 0 saturated heterocycles. The standard InChI is InChI=1S/C19H35N3O2.C18H33N3O2.2C17H31N3O2.2C16H29N3O2/c1-9-12-13-22(8)19(7,11-3)18(5,6)20-17(23)16-14(4)15(10-2)24-21-16;1-8-11-12-21(7)18(6,10-3)17(4,5)19-16(22)15-13-14(9-2)23-20-15;1-9-11-17(6,20(7)8)16(4,5)18-15(21)14-12(3)13(10-2)22-19-14;1-9-13-12(4)14(19-22-13)15(21)18-16(5,6)17(10-2,11-3)20(7)8;1-8-10-16(5,19(6)7)15(3,4)17-14(20)13-11-12(9-2)21-18-13;1-8-12-11-13(18-21-12)14(20)17-15(4,5)16(9-2,10-3)19(6)7/h9-13H2,1-8H3,(H,20,23);13H,8-12H2,1-7H3,(H,19,22);2*9-11H2,1-8H3,(H,18,21);2*11H,8-10H2,1-7H3,(H,17,20). The first-order chi connectivity index (χ1) is 61.5. The van der Waals surface area contributed by atoms with Gasteiger partial charge in [-0.3, -0.25) is 38.6 Å². The van der Waals surface area contributed by atoms with Crippen LogP contribution in [0.25, 0.3) is 0 Å². The van der Waals surface area contributed by atoms with Crippen LogP contribution in [0.2, 0.25) is 0 Å². The van der Waals surface area contributed by atoms with Crippen molar-refractivity contribution in [2.24, 2.45) is 0 Å². The first-order valence-electron chi connectivity index (χ1n) is 49.3. The van der Waals surface area contributed by atoms with Gasteiger partial charge in [-0.2, -0.15) is 0 Å². The first kappa shape index (κ1) is 123. The highest BCUT2D eigenvalue weighted by Crippen LogP contribution is 2.39. The van der Waals surface area contributed by atoms with Crippen molar-refractivity contribution in [3.8, 4) is 0 Å². The SMILES string of the molecule is CCCC(C)(N(C)C)C(C)(C)NC(=O)c1cc(CC)on1.CCCC(C)(N(C)C)C(C)(C)NC(=O)c1noc(CC)c1C.CCCCN(C)C(C)(CC)C(C)(C)NC(=O)c1cc(CC)on1.CCCCN(C)C(C)(CC)C(C)(C)NC(=O)c1noc(CC)c1C.CCc1cc(C(=O)NC(C)(C)C(CC)(CC)N(C)C)no1.CCc1onc(C(=O)NC(C)(C)C(CC)(CC)N(C)C)c1C.